The molecule has 6 heteroatoms. The van der Waals surface area contributed by atoms with E-state index in [2.05, 4.69) is 10.2 Å². The van der Waals surface area contributed by atoms with Crippen LogP contribution in [0.4, 0.5) is 0 Å². The zero-order valence-corrected chi connectivity index (χ0v) is 10.9. The molecule has 1 heterocycles. The summed E-state index contributed by atoms with van der Waals surface area (Å²) in [6.45, 7) is 0.651. The Bertz CT molecular complexity index is 528. The Hall–Kier alpha value is -1.66. The molecule has 96 valence electrons. The highest BCUT2D eigenvalue weighted by Crippen LogP contribution is 2.32. The number of phenolic OH excluding ortho intramolecular Hbond substituents is 1. The molecule has 1 aromatic heterocycles. The number of nitrogens with two attached hydrogens (primary N) is 1. The highest BCUT2D eigenvalue weighted by molar-refractivity contribution is 7.14. The highest BCUT2D eigenvalue weighted by atomic mass is 32.1. The highest BCUT2D eigenvalue weighted by Gasteiger charge is 2.09. The van der Waals surface area contributed by atoms with E-state index >= 15 is 0 Å². The lowest BCUT2D eigenvalue weighted by Crippen LogP contribution is -1.99. The number of aryl methyl sites for hydroxylation is 1. The predicted octanol–water partition coefficient (Wildman–Crippen LogP) is 1.81. The Balaban J connectivity index is 2.20. The first-order valence-electron chi connectivity index (χ1n) is 5.64. The molecule has 0 aliphatic rings. The van der Waals surface area contributed by atoms with Crippen molar-refractivity contribution < 1.29 is 9.84 Å². The SMILES string of the molecule is COc1ccc(-c2nnc(CCCN)s2)cc1O. The number of methoxy groups -OCH3 is 1. The molecule has 2 rings (SSSR count). The number of phenols is 1. The summed E-state index contributed by atoms with van der Waals surface area (Å²) in [5.74, 6) is 0.556. The largest absolute Gasteiger partial charge is 0.504 e. The van der Waals surface area contributed by atoms with Gasteiger partial charge in [0.15, 0.2) is 11.5 Å². The Kier molecular flexibility index (Phi) is 4.11. The van der Waals surface area contributed by atoms with Gasteiger partial charge < -0.3 is 15.6 Å². The van der Waals surface area contributed by atoms with Crippen molar-refractivity contribution in [3.63, 3.8) is 0 Å². The minimum Gasteiger partial charge on any atom is -0.504 e. The molecule has 0 spiro atoms. The van der Waals surface area contributed by atoms with Gasteiger partial charge in [-0.2, -0.15) is 0 Å². The molecule has 2 aromatic rings. The second kappa shape index (κ2) is 5.79. The quantitative estimate of drug-likeness (QED) is 0.861. The normalized spacial score (nSPS) is 10.6. The molecule has 0 bridgehead atoms. The van der Waals surface area contributed by atoms with Gasteiger partial charge in [0.05, 0.1) is 7.11 Å². The van der Waals surface area contributed by atoms with Gasteiger partial charge in [0, 0.05) is 12.0 Å². The van der Waals surface area contributed by atoms with Crippen molar-refractivity contribution in [3.05, 3.63) is 23.2 Å². The number of benzene rings is 1. The molecule has 3 N–H and O–H groups in total. The van der Waals surface area contributed by atoms with Gasteiger partial charge in [-0.25, -0.2) is 0 Å². The number of hydrogen-bond donors (Lipinski definition) is 2. The van der Waals surface area contributed by atoms with E-state index in [-0.39, 0.29) is 5.75 Å². The van der Waals surface area contributed by atoms with Crippen LogP contribution < -0.4 is 10.5 Å². The first-order chi connectivity index (χ1) is 8.74. The van der Waals surface area contributed by atoms with Gasteiger partial charge in [-0.3, -0.25) is 0 Å². The van der Waals surface area contributed by atoms with Crippen LogP contribution in [0.15, 0.2) is 18.2 Å². The van der Waals surface area contributed by atoms with Crippen LogP contribution in [0.1, 0.15) is 11.4 Å². The molecule has 0 aliphatic carbocycles. The summed E-state index contributed by atoms with van der Waals surface area (Å²) in [5, 5.41) is 19.7. The van der Waals surface area contributed by atoms with Crippen LogP contribution in [0.25, 0.3) is 10.6 Å². The van der Waals surface area contributed by atoms with Crippen molar-refractivity contribution in [2.45, 2.75) is 12.8 Å². The van der Waals surface area contributed by atoms with E-state index in [1.54, 1.807) is 12.1 Å². The second-order valence-corrected chi connectivity index (χ2v) is 4.84. The third-order valence-electron chi connectivity index (χ3n) is 2.49. The molecule has 0 amide bonds. The third-order valence-corrected chi connectivity index (χ3v) is 3.52. The monoisotopic (exact) mass is 265 g/mol. The molecular weight excluding hydrogens is 250 g/mol. The van der Waals surface area contributed by atoms with Crippen molar-refractivity contribution >= 4 is 11.3 Å². The smallest absolute Gasteiger partial charge is 0.160 e. The van der Waals surface area contributed by atoms with Crippen LogP contribution >= 0.6 is 11.3 Å². The minimum absolute atomic E-state index is 0.105. The summed E-state index contributed by atoms with van der Waals surface area (Å²) >= 11 is 1.52. The van der Waals surface area contributed by atoms with Crippen molar-refractivity contribution in [2.75, 3.05) is 13.7 Å². The van der Waals surface area contributed by atoms with E-state index in [9.17, 15) is 5.11 Å². The number of aromatic nitrogens is 2. The number of hydrogen-bond acceptors (Lipinski definition) is 6. The van der Waals surface area contributed by atoms with Crippen molar-refractivity contribution in [1.29, 1.82) is 0 Å². The van der Waals surface area contributed by atoms with Crippen LogP contribution in [0.3, 0.4) is 0 Å². The first-order valence-corrected chi connectivity index (χ1v) is 6.46. The summed E-state index contributed by atoms with van der Waals surface area (Å²) in [4.78, 5) is 0. The van der Waals surface area contributed by atoms with Crippen LogP contribution in [0, 0.1) is 0 Å². The van der Waals surface area contributed by atoms with Gasteiger partial charge in [-0.1, -0.05) is 11.3 Å². The molecule has 5 nitrogen and oxygen atoms in total. The number of nitrogens with zero attached hydrogens (tertiary/aromatic N) is 2. The van der Waals surface area contributed by atoms with Crippen LogP contribution in [-0.2, 0) is 6.42 Å². The number of aromatic hydroxyl groups is 1. The maximum Gasteiger partial charge on any atom is 0.160 e. The zero-order valence-electron chi connectivity index (χ0n) is 10.1. The lowest BCUT2D eigenvalue weighted by Gasteiger charge is -2.03. The Morgan fingerprint density at radius 3 is 2.89 bits per heavy atom. The van der Waals surface area contributed by atoms with E-state index in [1.165, 1.54) is 18.4 Å². The fraction of sp³-hybridized carbons (Fsp3) is 0.333. The van der Waals surface area contributed by atoms with Crippen molar-refractivity contribution in [1.82, 2.24) is 10.2 Å². The van der Waals surface area contributed by atoms with Crippen LogP contribution in [0.2, 0.25) is 0 Å². The maximum atomic E-state index is 9.72. The molecule has 0 fully saturated rings. The number of rotatable bonds is 5. The molecule has 18 heavy (non-hydrogen) atoms. The Morgan fingerprint density at radius 1 is 1.39 bits per heavy atom. The predicted molar refractivity (Wildman–Crippen MR) is 70.9 cm³/mol. The van der Waals surface area contributed by atoms with E-state index in [4.69, 9.17) is 10.5 Å². The van der Waals surface area contributed by atoms with Crippen molar-refractivity contribution in [3.8, 4) is 22.1 Å². The average molecular weight is 265 g/mol. The van der Waals surface area contributed by atoms with E-state index in [0.29, 0.717) is 12.3 Å². The van der Waals surface area contributed by atoms with Gasteiger partial charge in [0.1, 0.15) is 10.0 Å². The number of ether oxygens (including phenoxy) is 1. The van der Waals surface area contributed by atoms with Crippen LogP contribution in [0.5, 0.6) is 11.5 Å². The van der Waals surface area contributed by atoms with E-state index < -0.39 is 0 Å². The Labute approximate surface area is 109 Å². The fourth-order valence-electron chi connectivity index (χ4n) is 1.55. The molecule has 0 radical (unpaired) electrons. The summed E-state index contributed by atoms with van der Waals surface area (Å²) in [6, 6.07) is 5.20. The van der Waals surface area contributed by atoms with Gasteiger partial charge in [0.25, 0.3) is 0 Å². The van der Waals surface area contributed by atoms with Crippen molar-refractivity contribution in [2.24, 2.45) is 5.73 Å². The Morgan fingerprint density at radius 2 is 2.22 bits per heavy atom. The van der Waals surface area contributed by atoms with E-state index in [1.807, 2.05) is 6.07 Å². The fourth-order valence-corrected chi connectivity index (χ4v) is 2.43. The topological polar surface area (TPSA) is 81.3 Å². The molecular formula is C12H15N3O2S. The lowest BCUT2D eigenvalue weighted by atomic mass is 10.2. The van der Waals surface area contributed by atoms with Gasteiger partial charge in [0.2, 0.25) is 0 Å². The summed E-state index contributed by atoms with van der Waals surface area (Å²) in [7, 11) is 1.52. The van der Waals surface area contributed by atoms with Gasteiger partial charge >= 0.3 is 0 Å². The maximum absolute atomic E-state index is 9.72. The third kappa shape index (κ3) is 2.77. The molecule has 0 atom stereocenters. The first kappa shape index (κ1) is 12.8. The molecule has 0 saturated carbocycles. The molecule has 0 saturated heterocycles. The van der Waals surface area contributed by atoms with E-state index in [0.717, 1.165) is 28.4 Å². The minimum atomic E-state index is 0.105. The standard InChI is InChI=1S/C12H15N3O2S/c1-17-10-5-4-8(7-9(10)16)12-15-14-11(18-12)3-2-6-13/h4-5,7,16H,2-3,6,13H2,1H3. The molecule has 0 unspecified atom stereocenters. The van der Waals surface area contributed by atoms with Gasteiger partial charge in [-0.05, 0) is 31.2 Å². The van der Waals surface area contributed by atoms with Crippen LogP contribution in [-0.4, -0.2) is 29.0 Å². The summed E-state index contributed by atoms with van der Waals surface area (Å²) in [6.07, 6.45) is 1.75. The molecule has 1 aromatic carbocycles. The van der Waals surface area contributed by atoms with Gasteiger partial charge in [-0.15, -0.1) is 10.2 Å². The summed E-state index contributed by atoms with van der Waals surface area (Å²) < 4.78 is 5.00. The molecule has 0 aliphatic heterocycles. The zero-order chi connectivity index (χ0) is 13.0. The lowest BCUT2D eigenvalue weighted by molar-refractivity contribution is 0.373. The second-order valence-electron chi connectivity index (χ2n) is 3.78. The summed E-state index contributed by atoms with van der Waals surface area (Å²) in [5.41, 5.74) is 6.29. The average Bonchev–Trinajstić information content (AvgIpc) is 2.85.